The first-order chi connectivity index (χ1) is 18.1. The molecule has 1 heterocycles. The lowest BCUT2D eigenvalue weighted by molar-refractivity contribution is 0.227. The fourth-order valence-electron chi connectivity index (χ4n) is 5.45. The number of aromatic hydroxyl groups is 1. The maximum Gasteiger partial charge on any atom is 0.138 e. The number of nitrogens with one attached hydrogen (secondary N) is 2. The lowest BCUT2D eigenvalue weighted by Crippen LogP contribution is -2.45. The zero-order valence-corrected chi connectivity index (χ0v) is 23.1. The Balaban J connectivity index is 1.90. The van der Waals surface area contributed by atoms with Gasteiger partial charge in [-0.25, -0.2) is 0 Å². The number of halogens is 2. The molecule has 3 aromatic rings. The second-order valence-corrected chi connectivity index (χ2v) is 11.8. The molecule has 198 valence electrons. The molecular formula is C30H32Cl2N4O2. The number of amidine groups is 1. The maximum atomic E-state index is 11.0. The van der Waals surface area contributed by atoms with E-state index in [9.17, 15) is 15.6 Å². The summed E-state index contributed by atoms with van der Waals surface area (Å²) in [5.74, 6) is 0.0366. The van der Waals surface area contributed by atoms with Gasteiger partial charge in [-0.3, -0.25) is 15.7 Å². The Morgan fingerprint density at radius 3 is 2.32 bits per heavy atom. The molecule has 38 heavy (non-hydrogen) atoms. The molecule has 4 N–H and O–H groups in total. The molecule has 0 bridgehead atoms. The lowest BCUT2D eigenvalue weighted by atomic mass is 9.63. The predicted octanol–water partition coefficient (Wildman–Crippen LogP) is 6.60. The summed E-state index contributed by atoms with van der Waals surface area (Å²) in [6, 6.07) is 23.6. The summed E-state index contributed by atoms with van der Waals surface area (Å²) in [5.41, 5.74) is 3.74. The van der Waals surface area contributed by atoms with Crippen LogP contribution in [-0.2, 0) is 12.0 Å². The van der Waals surface area contributed by atoms with E-state index in [-0.39, 0.29) is 23.8 Å². The first-order valence-corrected chi connectivity index (χ1v) is 13.2. The van der Waals surface area contributed by atoms with E-state index < -0.39 is 17.4 Å². The average Bonchev–Trinajstić information content (AvgIpc) is 3.19. The van der Waals surface area contributed by atoms with Gasteiger partial charge in [0, 0.05) is 22.0 Å². The van der Waals surface area contributed by atoms with Gasteiger partial charge in [-0.15, -0.1) is 0 Å². The van der Waals surface area contributed by atoms with Crippen molar-refractivity contribution in [3.63, 3.8) is 0 Å². The number of nitriles is 1. The summed E-state index contributed by atoms with van der Waals surface area (Å²) >= 11 is 12.7. The van der Waals surface area contributed by atoms with E-state index in [4.69, 9.17) is 28.2 Å². The summed E-state index contributed by atoms with van der Waals surface area (Å²) in [5, 5.41) is 35.8. The highest BCUT2D eigenvalue weighted by Gasteiger charge is 2.59. The van der Waals surface area contributed by atoms with Crippen molar-refractivity contribution in [3.05, 3.63) is 99.5 Å². The van der Waals surface area contributed by atoms with Crippen LogP contribution < -0.4 is 10.8 Å². The van der Waals surface area contributed by atoms with Gasteiger partial charge in [-0.05, 0) is 64.9 Å². The third-order valence-electron chi connectivity index (χ3n) is 7.06. The van der Waals surface area contributed by atoms with Gasteiger partial charge in [0.05, 0.1) is 18.7 Å². The van der Waals surface area contributed by atoms with Crippen molar-refractivity contribution in [2.75, 3.05) is 0 Å². The average molecular weight is 552 g/mol. The molecule has 1 aliphatic heterocycles. The van der Waals surface area contributed by atoms with E-state index >= 15 is 0 Å². The highest BCUT2D eigenvalue weighted by molar-refractivity contribution is 6.30. The molecular weight excluding hydrogens is 519 g/mol. The molecule has 4 atom stereocenters. The van der Waals surface area contributed by atoms with Crippen LogP contribution in [-0.4, -0.2) is 28.2 Å². The second-order valence-electron chi connectivity index (χ2n) is 11.0. The van der Waals surface area contributed by atoms with Crippen LogP contribution in [0.3, 0.4) is 0 Å². The molecule has 0 spiro atoms. The molecule has 8 heteroatoms. The van der Waals surface area contributed by atoms with E-state index in [0.717, 1.165) is 16.7 Å². The Kier molecular flexibility index (Phi) is 8.34. The Morgan fingerprint density at radius 2 is 1.74 bits per heavy atom. The molecule has 0 aliphatic carbocycles. The Hall–Kier alpha value is -3.08. The van der Waals surface area contributed by atoms with Crippen molar-refractivity contribution in [1.82, 2.24) is 10.8 Å². The standard InChI is InChI=1S/C30H32Cl2N4O2/c1-29(2,3)16-25-30(18-33,21-9-11-22(31)12-10-21)26(20-5-4-6-23(32)15-20)27(35-25)28(36-38)34-17-19-7-13-24(37)14-8-19/h4-15,25-27,35,37-38H,16-17H2,1-3H3,(H,34,36). The van der Waals surface area contributed by atoms with Crippen LogP contribution in [0.15, 0.2) is 77.8 Å². The zero-order valence-electron chi connectivity index (χ0n) is 21.6. The Morgan fingerprint density at radius 1 is 1.05 bits per heavy atom. The van der Waals surface area contributed by atoms with Crippen LogP contribution in [0.1, 0.15) is 49.8 Å². The minimum atomic E-state index is -1.02. The molecule has 0 amide bonds. The van der Waals surface area contributed by atoms with Crippen molar-refractivity contribution in [2.45, 2.75) is 57.2 Å². The van der Waals surface area contributed by atoms with Gasteiger partial charge in [0.2, 0.25) is 0 Å². The summed E-state index contributed by atoms with van der Waals surface area (Å²) in [4.78, 5) is 4.71. The van der Waals surface area contributed by atoms with Gasteiger partial charge < -0.3 is 10.4 Å². The molecule has 1 fully saturated rings. The third-order valence-corrected chi connectivity index (χ3v) is 7.55. The number of benzene rings is 3. The number of hydrogen-bond acceptors (Lipinski definition) is 5. The number of aliphatic imine (C=N–C) groups is 1. The van der Waals surface area contributed by atoms with Crippen molar-refractivity contribution >= 4 is 29.0 Å². The molecule has 6 nitrogen and oxygen atoms in total. The van der Waals surface area contributed by atoms with Crippen molar-refractivity contribution in [1.29, 1.82) is 5.26 Å². The minimum absolute atomic E-state index is 0.101. The molecule has 1 aliphatic rings. The number of rotatable bonds is 6. The van der Waals surface area contributed by atoms with Crippen LogP contribution in [0.25, 0.3) is 0 Å². The smallest absolute Gasteiger partial charge is 0.138 e. The molecule has 0 saturated carbocycles. The summed E-state index contributed by atoms with van der Waals surface area (Å²) in [7, 11) is 0. The van der Waals surface area contributed by atoms with Gasteiger partial charge in [-0.1, -0.05) is 80.4 Å². The van der Waals surface area contributed by atoms with Crippen molar-refractivity contribution < 1.29 is 10.3 Å². The molecule has 4 rings (SSSR count). The van der Waals surface area contributed by atoms with Gasteiger partial charge >= 0.3 is 0 Å². The fraction of sp³-hybridized carbons (Fsp3) is 0.333. The van der Waals surface area contributed by atoms with Crippen LogP contribution in [0.2, 0.25) is 10.0 Å². The lowest BCUT2D eigenvalue weighted by Gasteiger charge is -2.37. The molecule has 0 radical (unpaired) electrons. The molecule has 1 saturated heterocycles. The van der Waals surface area contributed by atoms with Crippen LogP contribution in [0.5, 0.6) is 5.75 Å². The van der Waals surface area contributed by atoms with Gasteiger partial charge in [0.15, 0.2) is 0 Å². The number of phenolic OH excluding ortho intramolecular Hbond substituents is 1. The van der Waals surface area contributed by atoms with Gasteiger partial charge in [0.25, 0.3) is 0 Å². The van der Waals surface area contributed by atoms with Crippen molar-refractivity contribution in [2.24, 2.45) is 10.4 Å². The molecule has 3 aromatic carbocycles. The maximum absolute atomic E-state index is 11.0. The monoisotopic (exact) mass is 550 g/mol. The number of nitrogens with zero attached hydrogens (tertiary/aromatic N) is 2. The van der Waals surface area contributed by atoms with Crippen LogP contribution in [0, 0.1) is 16.7 Å². The highest BCUT2D eigenvalue weighted by Crippen LogP contribution is 2.51. The largest absolute Gasteiger partial charge is 0.508 e. The van der Waals surface area contributed by atoms with E-state index in [1.54, 1.807) is 42.5 Å². The second kappa shape index (κ2) is 11.3. The third kappa shape index (κ3) is 5.82. The minimum Gasteiger partial charge on any atom is -0.508 e. The van der Waals surface area contributed by atoms with E-state index in [0.29, 0.717) is 22.3 Å². The summed E-state index contributed by atoms with van der Waals surface area (Å²) in [6.07, 6.45) is 0.688. The number of phenols is 1. The first kappa shape index (κ1) is 27.9. The van der Waals surface area contributed by atoms with Crippen LogP contribution >= 0.6 is 23.2 Å². The first-order valence-electron chi connectivity index (χ1n) is 12.5. The van der Waals surface area contributed by atoms with E-state index in [2.05, 4.69) is 37.6 Å². The Labute approximate surface area is 233 Å². The highest BCUT2D eigenvalue weighted by atomic mass is 35.5. The molecule has 0 aromatic heterocycles. The topological polar surface area (TPSA) is 101 Å². The van der Waals surface area contributed by atoms with E-state index in [1.807, 2.05) is 30.3 Å². The molecule has 4 unspecified atom stereocenters. The normalized spacial score (nSPS) is 23.7. The van der Waals surface area contributed by atoms with Crippen molar-refractivity contribution in [3.8, 4) is 11.8 Å². The van der Waals surface area contributed by atoms with Crippen LogP contribution in [0.4, 0.5) is 0 Å². The van der Waals surface area contributed by atoms with Gasteiger partial charge in [-0.2, -0.15) is 5.26 Å². The number of hydrogen-bond donors (Lipinski definition) is 4. The summed E-state index contributed by atoms with van der Waals surface area (Å²) in [6.45, 7) is 6.70. The zero-order chi connectivity index (χ0) is 27.5. The summed E-state index contributed by atoms with van der Waals surface area (Å²) < 4.78 is 0. The van der Waals surface area contributed by atoms with Gasteiger partial charge in [0.1, 0.15) is 17.0 Å². The SMILES string of the molecule is CC(C)(C)CC1NC(C(=NCc2ccc(O)cc2)NO)C(c2cccc(Cl)c2)C1(C#N)c1ccc(Cl)cc1. The quantitative estimate of drug-likeness (QED) is 0.157. The van der Waals surface area contributed by atoms with E-state index in [1.165, 1.54) is 0 Å². The number of hydroxylamine groups is 1. The fourth-order valence-corrected chi connectivity index (χ4v) is 5.77. The predicted molar refractivity (Wildman–Crippen MR) is 152 cm³/mol. The Bertz CT molecular complexity index is 1330.